The van der Waals surface area contributed by atoms with Gasteiger partial charge in [-0.2, -0.15) is 0 Å². The number of fused-ring (bicyclic) bond motifs is 5. The second-order valence-electron chi connectivity index (χ2n) is 17.4. The molecule has 270 valence electrons. The van der Waals surface area contributed by atoms with Crippen LogP contribution < -0.4 is 5.73 Å². The lowest BCUT2D eigenvalue weighted by molar-refractivity contribution is -0.264. The lowest BCUT2D eigenvalue weighted by Gasteiger charge is -2.72. The third-order valence-corrected chi connectivity index (χ3v) is 15.6. The number of aliphatic hydroxyl groups excluding tert-OH is 2. The van der Waals surface area contributed by atoms with Crippen LogP contribution in [0, 0.1) is 39.9 Å². The van der Waals surface area contributed by atoms with Gasteiger partial charge in [0, 0.05) is 25.0 Å². The minimum atomic E-state index is -0.910. The lowest BCUT2D eigenvalue weighted by Crippen LogP contribution is -2.72. The number of aromatic nitrogens is 3. The van der Waals surface area contributed by atoms with Crippen molar-refractivity contribution in [2.75, 3.05) is 0 Å². The van der Waals surface area contributed by atoms with Gasteiger partial charge in [-0.1, -0.05) is 44.1 Å². The highest BCUT2D eigenvalue weighted by Crippen LogP contribution is 2.76. The number of carboxylic acids is 1. The molecule has 0 radical (unpaired) electrons. The van der Waals surface area contributed by atoms with Gasteiger partial charge >= 0.3 is 11.9 Å². The van der Waals surface area contributed by atoms with E-state index in [0.29, 0.717) is 37.0 Å². The van der Waals surface area contributed by atoms with E-state index in [-0.39, 0.29) is 30.2 Å². The Bertz CT molecular complexity index is 1560. The van der Waals surface area contributed by atoms with E-state index in [1.165, 1.54) is 30.9 Å². The fourth-order valence-electron chi connectivity index (χ4n) is 13.2. The SMILES string of the molecule is CC(=O)O[C@H]1C[C@@]2(C)[C@@H](C[C@@H](O)[C@@H]3[C@]2(C)CC[C@@]2(n4cc(CN)nn4)[C@H](C)[C@H](O)CC[C@]32C)/C1=C(/C(=O)O)C1CCCC(=C2CCCC2)C1. The smallest absolute Gasteiger partial charge is 0.331 e. The van der Waals surface area contributed by atoms with E-state index >= 15 is 0 Å². The van der Waals surface area contributed by atoms with Crippen LogP contribution in [-0.4, -0.2) is 60.6 Å². The van der Waals surface area contributed by atoms with Crippen LogP contribution in [0.2, 0.25) is 0 Å². The molecule has 6 saturated carbocycles. The number of aliphatic carboxylic acids is 1. The Morgan fingerprint density at radius 1 is 0.980 bits per heavy atom. The van der Waals surface area contributed by atoms with Crippen LogP contribution in [0.25, 0.3) is 0 Å². The maximum Gasteiger partial charge on any atom is 0.331 e. The molecule has 0 saturated heterocycles. The summed E-state index contributed by atoms with van der Waals surface area (Å²) in [6.45, 7) is 10.7. The van der Waals surface area contributed by atoms with Crippen molar-refractivity contribution in [3.05, 3.63) is 34.2 Å². The number of esters is 1. The fraction of sp³-hybridized carbons (Fsp3) is 0.795. The van der Waals surface area contributed by atoms with Crippen molar-refractivity contribution in [1.29, 1.82) is 0 Å². The van der Waals surface area contributed by atoms with Gasteiger partial charge in [0.1, 0.15) is 6.10 Å². The Balaban J connectivity index is 1.35. The largest absolute Gasteiger partial charge is 0.478 e. The van der Waals surface area contributed by atoms with Gasteiger partial charge in [0.25, 0.3) is 0 Å². The van der Waals surface area contributed by atoms with Crippen LogP contribution in [0.5, 0.6) is 0 Å². The molecule has 5 N–H and O–H groups in total. The number of carboxylic acid groups (broad SMARTS) is 1. The van der Waals surface area contributed by atoms with Crippen molar-refractivity contribution < 1.29 is 29.6 Å². The molecule has 6 aliphatic rings. The zero-order valence-electron chi connectivity index (χ0n) is 30.2. The molecule has 0 bridgehead atoms. The average Bonchev–Trinajstić information content (AvgIpc) is 3.81. The quantitative estimate of drug-likeness (QED) is 0.171. The second kappa shape index (κ2) is 12.3. The molecule has 0 spiro atoms. The second-order valence-corrected chi connectivity index (χ2v) is 17.4. The van der Waals surface area contributed by atoms with Crippen LogP contribution in [0.15, 0.2) is 28.5 Å². The number of carbonyl (C=O) groups excluding carboxylic acids is 1. The van der Waals surface area contributed by atoms with Crippen LogP contribution in [0.4, 0.5) is 0 Å². The van der Waals surface area contributed by atoms with E-state index in [9.17, 15) is 24.9 Å². The van der Waals surface area contributed by atoms with Gasteiger partial charge in [0.2, 0.25) is 0 Å². The molecule has 0 amide bonds. The Kier molecular flexibility index (Phi) is 8.75. The Morgan fingerprint density at radius 2 is 1.69 bits per heavy atom. The summed E-state index contributed by atoms with van der Waals surface area (Å²) in [7, 11) is 0. The maximum absolute atomic E-state index is 13.5. The first-order chi connectivity index (χ1) is 23.2. The van der Waals surface area contributed by atoms with E-state index < -0.39 is 52.0 Å². The molecule has 6 aliphatic carbocycles. The molecule has 0 aromatic carbocycles. The van der Waals surface area contributed by atoms with Crippen LogP contribution in [-0.2, 0) is 26.4 Å². The molecule has 1 heterocycles. The van der Waals surface area contributed by atoms with E-state index in [4.69, 9.17) is 10.5 Å². The third-order valence-electron chi connectivity index (χ3n) is 15.6. The Morgan fingerprint density at radius 3 is 2.35 bits per heavy atom. The van der Waals surface area contributed by atoms with Crippen LogP contribution in [0.1, 0.15) is 130 Å². The first-order valence-corrected chi connectivity index (χ1v) is 19.0. The predicted octanol–water partition coefficient (Wildman–Crippen LogP) is 5.81. The molecule has 7 rings (SSSR count). The highest BCUT2D eigenvalue weighted by atomic mass is 16.5. The van der Waals surface area contributed by atoms with Gasteiger partial charge in [0.05, 0.1) is 29.6 Å². The van der Waals surface area contributed by atoms with Crippen molar-refractivity contribution in [2.24, 2.45) is 45.7 Å². The van der Waals surface area contributed by atoms with Gasteiger partial charge in [-0.05, 0) is 129 Å². The zero-order valence-corrected chi connectivity index (χ0v) is 30.2. The topological polar surface area (TPSA) is 161 Å². The molecule has 1 unspecified atom stereocenters. The molecule has 6 fully saturated rings. The normalized spacial score (nSPS) is 44.6. The first-order valence-electron chi connectivity index (χ1n) is 19.0. The molecule has 1 aromatic rings. The van der Waals surface area contributed by atoms with Crippen LogP contribution in [0.3, 0.4) is 0 Å². The monoisotopic (exact) mass is 678 g/mol. The summed E-state index contributed by atoms with van der Waals surface area (Å²) < 4.78 is 8.10. The number of carbonyl (C=O) groups is 2. The molecule has 10 nitrogen and oxygen atoms in total. The third kappa shape index (κ3) is 4.96. The molecule has 1 aromatic heterocycles. The molecule has 11 atom stereocenters. The number of nitrogens with zero attached hydrogens (tertiary/aromatic N) is 3. The van der Waals surface area contributed by atoms with Gasteiger partial charge in [-0.15, -0.1) is 5.10 Å². The number of nitrogens with two attached hydrogens (primary N) is 1. The van der Waals surface area contributed by atoms with Gasteiger partial charge in [-0.3, -0.25) is 4.79 Å². The summed E-state index contributed by atoms with van der Waals surface area (Å²) in [5, 5.41) is 44.0. The predicted molar refractivity (Wildman–Crippen MR) is 184 cm³/mol. The molecule has 0 aliphatic heterocycles. The Labute approximate surface area is 290 Å². The molecular formula is C39H58N4O6. The van der Waals surface area contributed by atoms with Crippen molar-refractivity contribution in [2.45, 2.75) is 155 Å². The van der Waals surface area contributed by atoms with Gasteiger partial charge in [0.15, 0.2) is 0 Å². The van der Waals surface area contributed by atoms with E-state index in [2.05, 4.69) is 38.0 Å². The minimum absolute atomic E-state index is 0.131. The fourth-order valence-corrected chi connectivity index (χ4v) is 13.2. The first kappa shape index (κ1) is 34.9. The number of hydrogen-bond donors (Lipinski definition) is 4. The summed E-state index contributed by atoms with van der Waals surface area (Å²) in [5.74, 6) is -1.99. The maximum atomic E-state index is 13.5. The van der Waals surface area contributed by atoms with Crippen LogP contribution >= 0.6 is 0 Å². The highest BCUT2D eigenvalue weighted by molar-refractivity contribution is 5.89. The van der Waals surface area contributed by atoms with Crippen molar-refractivity contribution in [1.82, 2.24) is 15.0 Å². The number of ether oxygens (including phenoxy) is 1. The van der Waals surface area contributed by atoms with Gasteiger partial charge < -0.3 is 25.8 Å². The minimum Gasteiger partial charge on any atom is -0.478 e. The summed E-state index contributed by atoms with van der Waals surface area (Å²) in [6.07, 6.45) is 12.1. The molecular weight excluding hydrogens is 620 g/mol. The lowest BCUT2D eigenvalue weighted by atomic mass is 9.34. The Hall–Kier alpha value is -2.56. The number of allylic oxidation sites excluding steroid dienone is 2. The van der Waals surface area contributed by atoms with Gasteiger partial charge in [-0.25, -0.2) is 9.48 Å². The standard InChI is InChI=1S/C39H58N4O6/c1-22-29(45)13-14-37(4)34-30(46)18-28-33(32(35(47)48)26-12-8-11-25(17-26)24-9-6-7-10-24)31(49-23(2)44)19-38(28,5)36(34,3)15-16-39(22,37)43-21-27(20-40)41-42-43/h21-22,26,28-31,34,45-46H,6-20,40H2,1-5H3,(H,47,48)/b33-32-/t22-,26?,28+,29-,30-,31+,34-,36+,37-,38+,39-/m1/s1. The average molecular weight is 679 g/mol. The number of hydrogen-bond acceptors (Lipinski definition) is 8. The zero-order chi connectivity index (χ0) is 35.1. The summed E-state index contributed by atoms with van der Waals surface area (Å²) in [5.41, 5.74) is 8.95. The van der Waals surface area contributed by atoms with Crippen molar-refractivity contribution >= 4 is 11.9 Å². The summed E-state index contributed by atoms with van der Waals surface area (Å²) in [6, 6.07) is 0. The van der Waals surface area contributed by atoms with E-state index in [1.807, 2.05) is 10.9 Å². The summed E-state index contributed by atoms with van der Waals surface area (Å²) >= 11 is 0. The molecule has 49 heavy (non-hydrogen) atoms. The van der Waals surface area contributed by atoms with Crippen molar-refractivity contribution in [3.63, 3.8) is 0 Å². The highest BCUT2D eigenvalue weighted by Gasteiger charge is 2.75. The number of rotatable bonds is 5. The molecule has 10 heteroatoms. The number of aliphatic hydroxyl groups is 2. The van der Waals surface area contributed by atoms with Crippen molar-refractivity contribution in [3.8, 4) is 0 Å². The summed E-state index contributed by atoms with van der Waals surface area (Å²) in [4.78, 5) is 26.2. The van der Waals surface area contributed by atoms with E-state index in [0.717, 1.165) is 56.9 Å². The van der Waals surface area contributed by atoms with E-state index in [1.54, 1.807) is 0 Å².